The molecule has 0 bridgehead atoms. The zero-order chi connectivity index (χ0) is 18.6. The minimum absolute atomic E-state index is 0.392. The predicted molar refractivity (Wildman–Crippen MR) is 110 cm³/mol. The number of nitrogens with one attached hydrogen (secondary N) is 1. The summed E-state index contributed by atoms with van der Waals surface area (Å²) in [4.78, 5) is 4.69. The average molecular weight is 358 g/mol. The summed E-state index contributed by atoms with van der Waals surface area (Å²) in [5.41, 5.74) is 6.70. The number of aryl methyl sites for hydroxylation is 1. The molecule has 2 aromatic heterocycles. The van der Waals surface area contributed by atoms with Crippen LogP contribution in [0.3, 0.4) is 0 Å². The van der Waals surface area contributed by atoms with Crippen molar-refractivity contribution in [3.8, 4) is 0 Å². The lowest BCUT2D eigenvalue weighted by Crippen LogP contribution is -2.05. The van der Waals surface area contributed by atoms with Gasteiger partial charge in [-0.2, -0.15) is 10.1 Å². The predicted octanol–water partition coefficient (Wildman–Crippen LogP) is 4.47. The van der Waals surface area contributed by atoms with Crippen molar-refractivity contribution in [2.45, 2.75) is 26.8 Å². The molecule has 0 fully saturated rings. The van der Waals surface area contributed by atoms with Gasteiger partial charge in [0.2, 0.25) is 0 Å². The highest BCUT2D eigenvalue weighted by Gasteiger charge is 2.14. The summed E-state index contributed by atoms with van der Waals surface area (Å²) in [6, 6.07) is 18.1. The summed E-state index contributed by atoms with van der Waals surface area (Å²) in [6.07, 6.45) is 2.81. The molecule has 6 heteroatoms. The highest BCUT2D eigenvalue weighted by molar-refractivity contribution is 6.04. The molecule has 1 N–H and O–H groups in total. The minimum Gasteiger partial charge on any atom is -0.324 e. The van der Waals surface area contributed by atoms with E-state index in [1.165, 1.54) is 0 Å². The van der Waals surface area contributed by atoms with E-state index in [2.05, 4.69) is 56.3 Å². The van der Waals surface area contributed by atoms with Gasteiger partial charge in [-0.3, -0.25) is 0 Å². The van der Waals surface area contributed by atoms with Gasteiger partial charge in [-0.25, -0.2) is 5.43 Å². The maximum Gasteiger partial charge on any atom is 0.265 e. The molecule has 4 rings (SSSR count). The molecule has 6 nitrogen and oxygen atoms in total. The summed E-state index contributed by atoms with van der Waals surface area (Å²) in [5.74, 6) is 1.01. The van der Waals surface area contributed by atoms with Gasteiger partial charge >= 0.3 is 0 Å². The zero-order valence-electron chi connectivity index (χ0n) is 15.5. The van der Waals surface area contributed by atoms with Crippen molar-refractivity contribution in [3.05, 3.63) is 60.2 Å². The van der Waals surface area contributed by atoms with Crippen LogP contribution >= 0.6 is 0 Å². The van der Waals surface area contributed by atoms with Crippen LogP contribution < -0.4 is 5.43 Å². The fourth-order valence-electron chi connectivity index (χ4n) is 3.07. The Labute approximate surface area is 158 Å². The van der Waals surface area contributed by atoms with Crippen LogP contribution in [0.25, 0.3) is 22.1 Å². The van der Waals surface area contributed by atoms with Gasteiger partial charge in [-0.1, -0.05) is 62.4 Å². The molecule has 0 aliphatic carbocycles. The maximum atomic E-state index is 4.69. The Morgan fingerprint density at radius 2 is 1.81 bits per heavy atom. The van der Waals surface area contributed by atoms with E-state index in [-0.39, 0.29) is 0 Å². The third kappa shape index (κ3) is 3.65. The number of nitrogens with zero attached hydrogens (tertiary/aromatic N) is 5. The Kier molecular flexibility index (Phi) is 4.78. The number of benzene rings is 2. The van der Waals surface area contributed by atoms with Gasteiger partial charge in [-0.05, 0) is 24.0 Å². The van der Waals surface area contributed by atoms with Crippen molar-refractivity contribution in [1.82, 2.24) is 19.7 Å². The third-order valence-electron chi connectivity index (χ3n) is 4.48. The topological polar surface area (TPSA) is 68.0 Å². The first kappa shape index (κ1) is 17.1. The molecular weight excluding hydrogens is 336 g/mol. The second kappa shape index (κ2) is 7.53. The van der Waals surface area contributed by atoms with Crippen LogP contribution in [0.5, 0.6) is 0 Å². The van der Waals surface area contributed by atoms with Gasteiger partial charge in [-0.15, -0.1) is 10.2 Å². The first-order chi connectivity index (χ1) is 13.2. The molecule has 0 aliphatic heterocycles. The van der Waals surface area contributed by atoms with Crippen LogP contribution in [0.4, 0.5) is 5.95 Å². The molecule has 0 amide bonds. The molecular formula is C21H22N6. The van der Waals surface area contributed by atoms with E-state index in [4.69, 9.17) is 0 Å². The lowest BCUT2D eigenvalue weighted by Gasteiger charge is -2.08. The van der Waals surface area contributed by atoms with Crippen LogP contribution in [0.15, 0.2) is 59.7 Å². The lowest BCUT2D eigenvalue weighted by molar-refractivity contribution is 0.529. The standard InChI is InChI=1S/C21H22N6/c1-15(2)12-13-27-18-11-7-6-10-17(18)19-20(27)23-21(26-24-19)25-22-14-16-8-4-3-5-9-16/h3-11,14-15H,12-13H2,1-2H3,(H,23,25,26)/b22-14+. The van der Waals surface area contributed by atoms with Gasteiger partial charge in [0.15, 0.2) is 5.65 Å². The van der Waals surface area contributed by atoms with Gasteiger partial charge in [0, 0.05) is 11.9 Å². The maximum absolute atomic E-state index is 4.69. The number of para-hydroxylation sites is 1. The molecule has 0 unspecified atom stereocenters. The molecule has 136 valence electrons. The molecule has 0 spiro atoms. The number of fused-ring (bicyclic) bond motifs is 3. The SMILES string of the molecule is CC(C)CCn1c2ccccc2c2nnc(N/N=C/c3ccccc3)nc21. The molecule has 2 heterocycles. The molecule has 27 heavy (non-hydrogen) atoms. The quantitative estimate of drug-likeness (QED) is 0.408. The molecule has 0 radical (unpaired) electrons. The van der Waals surface area contributed by atoms with Crippen molar-refractivity contribution in [2.75, 3.05) is 5.43 Å². The van der Waals surface area contributed by atoms with Crippen molar-refractivity contribution in [1.29, 1.82) is 0 Å². The van der Waals surface area contributed by atoms with Gasteiger partial charge in [0.25, 0.3) is 5.95 Å². The normalized spacial score (nSPS) is 11.8. The van der Waals surface area contributed by atoms with Crippen molar-refractivity contribution in [3.63, 3.8) is 0 Å². The molecule has 0 atom stereocenters. The summed E-state index contributed by atoms with van der Waals surface area (Å²) >= 11 is 0. The molecule has 0 saturated heterocycles. The minimum atomic E-state index is 0.392. The van der Waals surface area contributed by atoms with E-state index in [1.54, 1.807) is 6.21 Å². The largest absolute Gasteiger partial charge is 0.324 e. The molecule has 0 aliphatic rings. The molecule has 0 saturated carbocycles. The van der Waals surface area contributed by atoms with E-state index in [0.717, 1.165) is 40.6 Å². The summed E-state index contributed by atoms with van der Waals surface area (Å²) in [7, 11) is 0. The van der Waals surface area contributed by atoms with Crippen LogP contribution in [0.2, 0.25) is 0 Å². The van der Waals surface area contributed by atoms with Gasteiger partial charge in [0.05, 0.1) is 11.7 Å². The van der Waals surface area contributed by atoms with Crippen LogP contribution in [0.1, 0.15) is 25.8 Å². The summed E-state index contributed by atoms with van der Waals surface area (Å²) in [6.45, 7) is 5.35. The lowest BCUT2D eigenvalue weighted by atomic mass is 10.1. The van der Waals surface area contributed by atoms with Crippen molar-refractivity contribution < 1.29 is 0 Å². The Hall–Kier alpha value is -3.28. The highest BCUT2D eigenvalue weighted by Crippen LogP contribution is 2.27. The Morgan fingerprint density at radius 1 is 1.04 bits per heavy atom. The van der Waals surface area contributed by atoms with E-state index in [0.29, 0.717) is 11.9 Å². The number of hydrogen-bond acceptors (Lipinski definition) is 5. The zero-order valence-corrected chi connectivity index (χ0v) is 15.5. The Bertz CT molecular complexity index is 1080. The van der Waals surface area contributed by atoms with E-state index < -0.39 is 0 Å². The van der Waals surface area contributed by atoms with Crippen molar-refractivity contribution >= 4 is 34.2 Å². The second-order valence-corrected chi connectivity index (χ2v) is 6.94. The highest BCUT2D eigenvalue weighted by atomic mass is 15.4. The van der Waals surface area contributed by atoms with E-state index >= 15 is 0 Å². The molecule has 4 aromatic rings. The van der Waals surface area contributed by atoms with Crippen LogP contribution in [-0.4, -0.2) is 26.0 Å². The molecule has 2 aromatic carbocycles. The fraction of sp³-hybridized carbons (Fsp3) is 0.238. The number of hydrazone groups is 1. The van der Waals surface area contributed by atoms with Crippen LogP contribution in [0, 0.1) is 5.92 Å². The van der Waals surface area contributed by atoms with Gasteiger partial charge < -0.3 is 4.57 Å². The van der Waals surface area contributed by atoms with Gasteiger partial charge in [0.1, 0.15) is 5.52 Å². The number of hydrogen-bond donors (Lipinski definition) is 1. The number of anilines is 1. The number of aromatic nitrogens is 4. The monoisotopic (exact) mass is 358 g/mol. The fourth-order valence-corrected chi connectivity index (χ4v) is 3.07. The number of rotatable bonds is 6. The smallest absolute Gasteiger partial charge is 0.265 e. The average Bonchev–Trinajstić information content (AvgIpc) is 3.00. The van der Waals surface area contributed by atoms with Crippen LogP contribution in [-0.2, 0) is 6.54 Å². The second-order valence-electron chi connectivity index (χ2n) is 6.94. The Morgan fingerprint density at radius 3 is 2.63 bits per heavy atom. The third-order valence-corrected chi connectivity index (χ3v) is 4.48. The van der Waals surface area contributed by atoms with E-state index in [9.17, 15) is 0 Å². The first-order valence-electron chi connectivity index (χ1n) is 9.18. The van der Waals surface area contributed by atoms with Crippen molar-refractivity contribution in [2.24, 2.45) is 11.0 Å². The Balaban J connectivity index is 1.69. The summed E-state index contributed by atoms with van der Waals surface area (Å²) in [5, 5.41) is 13.9. The first-order valence-corrected chi connectivity index (χ1v) is 9.18. The summed E-state index contributed by atoms with van der Waals surface area (Å²) < 4.78 is 2.23. The van der Waals surface area contributed by atoms with E-state index in [1.807, 2.05) is 42.5 Å².